The largest absolute Gasteiger partial charge is 0.496 e. The molecule has 1 aromatic heterocycles. The summed E-state index contributed by atoms with van der Waals surface area (Å²) in [7, 11) is 1.56. The molecule has 2 rings (SSSR count). The molecule has 5 heteroatoms. The summed E-state index contributed by atoms with van der Waals surface area (Å²) in [6, 6.07) is 8.29. The predicted molar refractivity (Wildman–Crippen MR) is 71.0 cm³/mol. The maximum atomic E-state index is 13.3. The molecule has 1 atom stereocenters. The molecule has 0 bridgehead atoms. The summed E-state index contributed by atoms with van der Waals surface area (Å²) in [5.74, 6) is 5.91. The summed E-state index contributed by atoms with van der Waals surface area (Å²) in [5, 5.41) is 2.01. The fourth-order valence-corrected chi connectivity index (χ4v) is 2.62. The van der Waals surface area contributed by atoms with Crippen LogP contribution >= 0.6 is 11.3 Å². The number of hydrogen-bond acceptors (Lipinski definition) is 4. The van der Waals surface area contributed by atoms with E-state index in [2.05, 4.69) is 5.43 Å². The van der Waals surface area contributed by atoms with Gasteiger partial charge < -0.3 is 4.74 Å². The van der Waals surface area contributed by atoms with Crippen LogP contribution in [0.3, 0.4) is 0 Å². The van der Waals surface area contributed by atoms with Crippen molar-refractivity contribution in [1.82, 2.24) is 5.43 Å². The molecule has 0 saturated carbocycles. The van der Waals surface area contributed by atoms with Gasteiger partial charge in [-0.05, 0) is 29.6 Å². The first kappa shape index (κ1) is 13.0. The molecule has 0 spiro atoms. The number of thiophene rings is 1. The van der Waals surface area contributed by atoms with E-state index in [1.54, 1.807) is 24.5 Å². The van der Waals surface area contributed by atoms with Crippen LogP contribution in [0.1, 0.15) is 16.5 Å². The highest BCUT2D eigenvalue weighted by Crippen LogP contribution is 2.29. The number of benzene rings is 1. The number of nitrogens with one attached hydrogen (secondary N) is 1. The molecule has 2 aromatic rings. The average Bonchev–Trinajstić information content (AvgIpc) is 2.88. The van der Waals surface area contributed by atoms with Crippen molar-refractivity contribution in [2.45, 2.75) is 12.5 Å². The molecule has 0 aliphatic carbocycles. The van der Waals surface area contributed by atoms with Gasteiger partial charge in [0, 0.05) is 16.9 Å². The zero-order valence-corrected chi connectivity index (χ0v) is 10.8. The third-order valence-corrected chi connectivity index (χ3v) is 3.65. The zero-order chi connectivity index (χ0) is 13.0. The van der Waals surface area contributed by atoms with Gasteiger partial charge in [-0.15, -0.1) is 11.3 Å². The molecule has 96 valence electrons. The normalized spacial score (nSPS) is 12.4. The van der Waals surface area contributed by atoms with Crippen LogP contribution in [0.2, 0.25) is 0 Å². The van der Waals surface area contributed by atoms with E-state index < -0.39 is 0 Å². The van der Waals surface area contributed by atoms with E-state index in [9.17, 15) is 4.39 Å². The standard InChI is InChI=1S/C13H15FN2OS/c1-17-13-5-4-9(14)7-11(13)12(16-15)8-10-3-2-6-18-10/h2-7,12,16H,8,15H2,1H3. The van der Waals surface area contributed by atoms with Crippen LogP contribution in [0, 0.1) is 5.82 Å². The monoisotopic (exact) mass is 266 g/mol. The predicted octanol–water partition coefficient (Wildman–Crippen LogP) is 2.64. The molecule has 0 amide bonds. The van der Waals surface area contributed by atoms with E-state index in [4.69, 9.17) is 10.6 Å². The summed E-state index contributed by atoms with van der Waals surface area (Å²) in [6.45, 7) is 0. The summed E-state index contributed by atoms with van der Waals surface area (Å²) in [4.78, 5) is 1.18. The average molecular weight is 266 g/mol. The number of hydrazine groups is 1. The van der Waals surface area contributed by atoms with Gasteiger partial charge in [0.15, 0.2) is 0 Å². The molecule has 18 heavy (non-hydrogen) atoms. The lowest BCUT2D eigenvalue weighted by Crippen LogP contribution is -2.29. The SMILES string of the molecule is COc1ccc(F)cc1C(Cc1cccs1)NN. The second kappa shape index (κ2) is 5.95. The van der Waals surface area contributed by atoms with E-state index >= 15 is 0 Å². The summed E-state index contributed by atoms with van der Waals surface area (Å²) >= 11 is 1.65. The van der Waals surface area contributed by atoms with Crippen molar-refractivity contribution in [1.29, 1.82) is 0 Å². The highest BCUT2D eigenvalue weighted by molar-refractivity contribution is 7.09. The summed E-state index contributed by atoms with van der Waals surface area (Å²) in [6.07, 6.45) is 0.702. The third-order valence-electron chi connectivity index (χ3n) is 2.75. The quantitative estimate of drug-likeness (QED) is 0.646. The van der Waals surface area contributed by atoms with Crippen LogP contribution in [0.4, 0.5) is 4.39 Å². The summed E-state index contributed by atoms with van der Waals surface area (Å²) < 4.78 is 18.6. The van der Waals surface area contributed by atoms with E-state index in [-0.39, 0.29) is 11.9 Å². The zero-order valence-electron chi connectivity index (χ0n) is 10.0. The molecule has 3 nitrogen and oxygen atoms in total. The minimum absolute atomic E-state index is 0.172. The summed E-state index contributed by atoms with van der Waals surface area (Å²) in [5.41, 5.74) is 3.45. The van der Waals surface area contributed by atoms with Gasteiger partial charge in [0.1, 0.15) is 11.6 Å². The highest BCUT2D eigenvalue weighted by Gasteiger charge is 2.16. The molecule has 0 aliphatic heterocycles. The first-order chi connectivity index (χ1) is 8.74. The van der Waals surface area contributed by atoms with Crippen molar-refractivity contribution in [3.63, 3.8) is 0 Å². The Labute approximate surface area is 109 Å². The van der Waals surface area contributed by atoms with E-state index in [0.717, 1.165) is 5.56 Å². The van der Waals surface area contributed by atoms with Gasteiger partial charge >= 0.3 is 0 Å². The molecular weight excluding hydrogens is 251 g/mol. The second-order valence-electron chi connectivity index (χ2n) is 3.89. The van der Waals surface area contributed by atoms with E-state index in [0.29, 0.717) is 12.2 Å². The Hall–Kier alpha value is -1.43. The van der Waals surface area contributed by atoms with Crippen molar-refractivity contribution in [3.8, 4) is 5.75 Å². The number of nitrogens with two attached hydrogens (primary N) is 1. The minimum Gasteiger partial charge on any atom is -0.496 e. The Morgan fingerprint density at radius 1 is 1.44 bits per heavy atom. The van der Waals surface area contributed by atoms with Gasteiger partial charge in [0.25, 0.3) is 0 Å². The van der Waals surface area contributed by atoms with Gasteiger partial charge in [-0.2, -0.15) is 0 Å². The topological polar surface area (TPSA) is 47.3 Å². The smallest absolute Gasteiger partial charge is 0.123 e. The van der Waals surface area contributed by atoms with Crippen LogP contribution in [-0.2, 0) is 6.42 Å². The maximum absolute atomic E-state index is 13.3. The second-order valence-corrected chi connectivity index (χ2v) is 4.92. The van der Waals surface area contributed by atoms with Crippen LogP contribution in [0.15, 0.2) is 35.7 Å². The van der Waals surface area contributed by atoms with Crippen molar-refractivity contribution >= 4 is 11.3 Å². The lowest BCUT2D eigenvalue weighted by atomic mass is 10.0. The molecule has 1 aromatic carbocycles. The lowest BCUT2D eigenvalue weighted by molar-refractivity contribution is 0.397. The molecule has 0 radical (unpaired) electrons. The Morgan fingerprint density at radius 2 is 2.28 bits per heavy atom. The van der Waals surface area contributed by atoms with Crippen LogP contribution in [-0.4, -0.2) is 7.11 Å². The fraction of sp³-hybridized carbons (Fsp3) is 0.231. The molecule has 3 N–H and O–H groups in total. The van der Waals surface area contributed by atoms with Gasteiger partial charge in [-0.25, -0.2) is 4.39 Å². The minimum atomic E-state index is -0.294. The molecule has 1 heterocycles. The maximum Gasteiger partial charge on any atom is 0.123 e. The number of ether oxygens (including phenoxy) is 1. The van der Waals surface area contributed by atoms with Crippen LogP contribution in [0.25, 0.3) is 0 Å². The fourth-order valence-electron chi connectivity index (χ4n) is 1.87. The third kappa shape index (κ3) is 2.87. The van der Waals surface area contributed by atoms with Crippen LogP contribution < -0.4 is 16.0 Å². The van der Waals surface area contributed by atoms with E-state index in [1.807, 2.05) is 17.5 Å². The van der Waals surface area contributed by atoms with Gasteiger partial charge in [-0.1, -0.05) is 6.07 Å². The molecule has 0 aliphatic rings. The Morgan fingerprint density at radius 3 is 2.89 bits per heavy atom. The van der Waals surface area contributed by atoms with Crippen molar-refractivity contribution in [3.05, 3.63) is 52.0 Å². The molecule has 0 fully saturated rings. The molecule has 1 unspecified atom stereocenters. The molecule has 0 saturated heterocycles. The number of rotatable bonds is 5. The molecular formula is C13H15FN2OS. The number of halogens is 1. The van der Waals surface area contributed by atoms with E-state index in [1.165, 1.54) is 17.0 Å². The van der Waals surface area contributed by atoms with Crippen molar-refractivity contribution in [2.24, 2.45) is 5.84 Å². The first-order valence-corrected chi connectivity index (χ1v) is 6.44. The number of methoxy groups -OCH3 is 1. The Bertz CT molecular complexity index is 502. The van der Waals surface area contributed by atoms with Crippen molar-refractivity contribution < 1.29 is 9.13 Å². The lowest BCUT2D eigenvalue weighted by Gasteiger charge is -2.18. The first-order valence-electron chi connectivity index (χ1n) is 5.56. The number of hydrogen-bond donors (Lipinski definition) is 2. The van der Waals surface area contributed by atoms with Gasteiger partial charge in [0.05, 0.1) is 13.2 Å². The van der Waals surface area contributed by atoms with Crippen LogP contribution in [0.5, 0.6) is 5.75 Å². The Kier molecular flexibility index (Phi) is 4.30. The van der Waals surface area contributed by atoms with Gasteiger partial charge in [0.2, 0.25) is 0 Å². The highest BCUT2D eigenvalue weighted by atomic mass is 32.1. The van der Waals surface area contributed by atoms with Crippen molar-refractivity contribution in [2.75, 3.05) is 7.11 Å². The Balaban J connectivity index is 2.28. The van der Waals surface area contributed by atoms with Gasteiger partial charge in [-0.3, -0.25) is 11.3 Å².